The first kappa shape index (κ1) is 16.3. The summed E-state index contributed by atoms with van der Waals surface area (Å²) in [5.41, 5.74) is 0. The fourth-order valence-electron chi connectivity index (χ4n) is 3.88. The molecule has 2 heterocycles. The minimum absolute atomic E-state index is 0.766. The lowest BCUT2D eigenvalue weighted by molar-refractivity contribution is -0.000777. The molecule has 0 aromatic carbocycles. The van der Waals surface area contributed by atoms with E-state index in [-0.39, 0.29) is 0 Å². The number of fused-ring (bicyclic) bond motifs is 2. The average molecular weight is 282 g/mol. The Morgan fingerprint density at radius 1 is 1.05 bits per heavy atom. The summed E-state index contributed by atoms with van der Waals surface area (Å²) in [6.45, 7) is 8.70. The minimum atomic E-state index is 0.766. The van der Waals surface area contributed by atoms with Gasteiger partial charge in [-0.05, 0) is 45.1 Å². The number of hydrogen-bond acceptors (Lipinski definition) is 3. The fraction of sp³-hybridized carbons (Fsp3) is 1.00. The summed E-state index contributed by atoms with van der Waals surface area (Å²) < 4.78 is 5.78. The zero-order valence-electron chi connectivity index (χ0n) is 13.6. The standard InChI is InChI=1S/C17H34N2O/c1-3-5-11-20-12-10-19-16-7-6-8-17(19)14-15(13-16)18-9-4-2/h15-18H,3-14H2,1-2H3. The monoisotopic (exact) mass is 282 g/mol. The highest BCUT2D eigenvalue weighted by molar-refractivity contribution is 4.94. The Morgan fingerprint density at radius 2 is 1.80 bits per heavy atom. The van der Waals surface area contributed by atoms with E-state index in [0.717, 1.165) is 37.9 Å². The summed E-state index contributed by atoms with van der Waals surface area (Å²) in [4.78, 5) is 2.76. The molecule has 0 aromatic heterocycles. The van der Waals surface area contributed by atoms with Gasteiger partial charge in [-0.15, -0.1) is 0 Å². The molecule has 0 aromatic rings. The van der Waals surface area contributed by atoms with Crippen LogP contribution in [0, 0.1) is 0 Å². The maximum absolute atomic E-state index is 5.78. The van der Waals surface area contributed by atoms with E-state index in [9.17, 15) is 0 Å². The third-order valence-corrected chi connectivity index (χ3v) is 4.94. The Kier molecular flexibility index (Phi) is 7.32. The molecule has 0 amide bonds. The van der Waals surface area contributed by atoms with Gasteiger partial charge in [0.1, 0.15) is 0 Å². The van der Waals surface area contributed by atoms with Crippen LogP contribution in [0.4, 0.5) is 0 Å². The van der Waals surface area contributed by atoms with Gasteiger partial charge >= 0.3 is 0 Å². The maximum atomic E-state index is 5.78. The quantitative estimate of drug-likeness (QED) is 0.657. The highest BCUT2D eigenvalue weighted by atomic mass is 16.5. The predicted octanol–water partition coefficient (Wildman–Crippen LogP) is 3.19. The number of piperidine rings is 2. The van der Waals surface area contributed by atoms with E-state index in [2.05, 4.69) is 24.1 Å². The molecule has 3 heteroatoms. The first-order valence-electron chi connectivity index (χ1n) is 8.92. The molecule has 2 aliphatic heterocycles. The van der Waals surface area contributed by atoms with E-state index in [1.54, 1.807) is 0 Å². The SMILES string of the molecule is CCCCOCCN1C2CCCC1CC(NCCC)C2. The van der Waals surface area contributed by atoms with Crippen molar-refractivity contribution in [3.63, 3.8) is 0 Å². The van der Waals surface area contributed by atoms with E-state index in [4.69, 9.17) is 4.74 Å². The zero-order chi connectivity index (χ0) is 14.2. The van der Waals surface area contributed by atoms with Crippen LogP contribution < -0.4 is 5.32 Å². The van der Waals surface area contributed by atoms with E-state index in [1.807, 2.05) is 0 Å². The molecule has 2 unspecified atom stereocenters. The second-order valence-electron chi connectivity index (χ2n) is 6.56. The molecule has 0 aliphatic carbocycles. The van der Waals surface area contributed by atoms with Gasteiger partial charge in [0.25, 0.3) is 0 Å². The Balaban J connectivity index is 1.73. The summed E-state index contributed by atoms with van der Waals surface area (Å²) in [6, 6.07) is 2.39. The molecule has 20 heavy (non-hydrogen) atoms. The van der Waals surface area contributed by atoms with Crippen molar-refractivity contribution in [1.82, 2.24) is 10.2 Å². The van der Waals surface area contributed by atoms with Gasteiger partial charge in [0.15, 0.2) is 0 Å². The number of ether oxygens (including phenoxy) is 1. The van der Waals surface area contributed by atoms with E-state index in [0.29, 0.717) is 0 Å². The molecule has 118 valence electrons. The van der Waals surface area contributed by atoms with Gasteiger partial charge in [-0.2, -0.15) is 0 Å². The van der Waals surface area contributed by atoms with Crippen LogP contribution >= 0.6 is 0 Å². The van der Waals surface area contributed by atoms with Crippen molar-refractivity contribution in [2.45, 2.75) is 83.3 Å². The van der Waals surface area contributed by atoms with Crippen molar-refractivity contribution in [2.24, 2.45) is 0 Å². The molecule has 2 saturated heterocycles. The molecule has 2 bridgehead atoms. The summed E-state index contributed by atoms with van der Waals surface area (Å²) in [7, 11) is 0. The second-order valence-corrected chi connectivity index (χ2v) is 6.56. The highest BCUT2D eigenvalue weighted by Gasteiger charge is 2.37. The van der Waals surface area contributed by atoms with Gasteiger partial charge in [0, 0.05) is 31.3 Å². The topological polar surface area (TPSA) is 24.5 Å². The van der Waals surface area contributed by atoms with E-state index in [1.165, 1.54) is 57.9 Å². The largest absolute Gasteiger partial charge is 0.380 e. The zero-order valence-corrected chi connectivity index (χ0v) is 13.6. The predicted molar refractivity (Wildman–Crippen MR) is 85.2 cm³/mol. The molecular formula is C17H34N2O. The Hall–Kier alpha value is -0.120. The normalized spacial score (nSPS) is 30.6. The molecular weight excluding hydrogens is 248 g/mol. The van der Waals surface area contributed by atoms with Crippen molar-refractivity contribution in [1.29, 1.82) is 0 Å². The van der Waals surface area contributed by atoms with E-state index < -0.39 is 0 Å². The lowest BCUT2D eigenvalue weighted by Crippen LogP contribution is -2.57. The van der Waals surface area contributed by atoms with Crippen molar-refractivity contribution in [2.75, 3.05) is 26.3 Å². The number of nitrogens with zero attached hydrogens (tertiary/aromatic N) is 1. The molecule has 3 nitrogen and oxygen atoms in total. The molecule has 0 radical (unpaired) electrons. The number of hydrogen-bond donors (Lipinski definition) is 1. The number of nitrogens with one attached hydrogen (secondary N) is 1. The third kappa shape index (κ3) is 4.71. The van der Waals surface area contributed by atoms with Crippen molar-refractivity contribution < 1.29 is 4.74 Å². The van der Waals surface area contributed by atoms with Crippen LogP contribution in [0.15, 0.2) is 0 Å². The highest BCUT2D eigenvalue weighted by Crippen LogP contribution is 2.33. The van der Waals surface area contributed by atoms with Gasteiger partial charge in [-0.1, -0.05) is 26.7 Å². The molecule has 2 aliphatic rings. The molecule has 2 rings (SSSR count). The summed E-state index contributed by atoms with van der Waals surface area (Å²) in [5.74, 6) is 0. The van der Waals surface area contributed by atoms with Crippen LogP contribution in [0.25, 0.3) is 0 Å². The molecule has 2 atom stereocenters. The van der Waals surface area contributed by atoms with Gasteiger partial charge in [-0.3, -0.25) is 4.90 Å². The average Bonchev–Trinajstić information content (AvgIpc) is 2.44. The van der Waals surface area contributed by atoms with Crippen LogP contribution in [0.3, 0.4) is 0 Å². The van der Waals surface area contributed by atoms with Gasteiger partial charge in [0.2, 0.25) is 0 Å². The van der Waals surface area contributed by atoms with Crippen LogP contribution in [-0.2, 0) is 4.74 Å². The van der Waals surface area contributed by atoms with Crippen LogP contribution in [0.5, 0.6) is 0 Å². The first-order chi connectivity index (χ1) is 9.85. The van der Waals surface area contributed by atoms with Crippen molar-refractivity contribution in [3.05, 3.63) is 0 Å². The van der Waals surface area contributed by atoms with Crippen LogP contribution in [-0.4, -0.2) is 49.3 Å². The van der Waals surface area contributed by atoms with Crippen molar-refractivity contribution >= 4 is 0 Å². The van der Waals surface area contributed by atoms with E-state index >= 15 is 0 Å². The Labute approximate surface area is 125 Å². The lowest BCUT2D eigenvalue weighted by atomic mass is 9.81. The number of rotatable bonds is 9. The molecule has 1 N–H and O–H groups in total. The Morgan fingerprint density at radius 3 is 2.45 bits per heavy atom. The van der Waals surface area contributed by atoms with Gasteiger partial charge in [0.05, 0.1) is 6.61 Å². The summed E-state index contributed by atoms with van der Waals surface area (Å²) >= 11 is 0. The smallest absolute Gasteiger partial charge is 0.0593 e. The Bertz CT molecular complexity index is 245. The van der Waals surface area contributed by atoms with Gasteiger partial charge < -0.3 is 10.1 Å². The first-order valence-corrected chi connectivity index (χ1v) is 8.92. The summed E-state index contributed by atoms with van der Waals surface area (Å²) in [6.07, 6.45) is 10.6. The lowest BCUT2D eigenvalue weighted by Gasteiger charge is -2.49. The van der Waals surface area contributed by atoms with Crippen LogP contribution in [0.1, 0.15) is 65.2 Å². The number of unbranched alkanes of at least 4 members (excludes halogenated alkanes) is 1. The molecule has 0 saturated carbocycles. The second kappa shape index (κ2) is 9.01. The van der Waals surface area contributed by atoms with Crippen molar-refractivity contribution in [3.8, 4) is 0 Å². The third-order valence-electron chi connectivity index (χ3n) is 4.94. The minimum Gasteiger partial charge on any atom is -0.380 e. The fourth-order valence-corrected chi connectivity index (χ4v) is 3.88. The molecule has 2 fully saturated rings. The van der Waals surface area contributed by atoms with Crippen LogP contribution in [0.2, 0.25) is 0 Å². The van der Waals surface area contributed by atoms with Gasteiger partial charge in [-0.25, -0.2) is 0 Å². The molecule has 0 spiro atoms. The summed E-state index contributed by atoms with van der Waals surface area (Å²) in [5, 5.41) is 3.75. The maximum Gasteiger partial charge on any atom is 0.0593 e.